The Morgan fingerprint density at radius 1 is 1.21 bits per heavy atom. The first-order valence-corrected chi connectivity index (χ1v) is 4.99. The van der Waals surface area contributed by atoms with Crippen LogP contribution in [0.1, 0.15) is 12.8 Å². The molecule has 82 valence electrons. The molecule has 6 N–H and O–H groups in total. The van der Waals surface area contributed by atoms with Crippen molar-refractivity contribution in [2.75, 3.05) is 32.7 Å². The number of hydrogen-bond acceptors (Lipinski definition) is 5. The molecule has 0 saturated heterocycles. The largest absolute Gasteiger partial charge is 0.329 e. The first kappa shape index (κ1) is 13.3. The van der Waals surface area contributed by atoms with Crippen LogP contribution in [0.2, 0.25) is 0 Å². The summed E-state index contributed by atoms with van der Waals surface area (Å²) in [6.07, 6.45) is 1.25. The molecule has 1 unspecified atom stereocenters. The molecule has 0 aromatic rings. The van der Waals surface area contributed by atoms with Gasteiger partial charge < -0.3 is 17.2 Å². The summed E-state index contributed by atoms with van der Waals surface area (Å²) < 4.78 is 0. The van der Waals surface area contributed by atoms with Crippen molar-refractivity contribution in [1.29, 1.82) is 5.26 Å². The first-order valence-electron chi connectivity index (χ1n) is 4.99. The molecule has 0 aliphatic carbocycles. The lowest BCUT2D eigenvalue weighted by atomic mass is 10.1. The molecule has 0 spiro atoms. The maximum absolute atomic E-state index is 8.40. The van der Waals surface area contributed by atoms with Crippen LogP contribution in [0.4, 0.5) is 0 Å². The van der Waals surface area contributed by atoms with Crippen LogP contribution in [0.5, 0.6) is 0 Å². The van der Waals surface area contributed by atoms with E-state index in [1.807, 2.05) is 0 Å². The van der Waals surface area contributed by atoms with Crippen molar-refractivity contribution in [2.24, 2.45) is 17.2 Å². The Kier molecular flexibility index (Phi) is 8.48. The molecule has 0 fully saturated rings. The van der Waals surface area contributed by atoms with Crippen molar-refractivity contribution < 1.29 is 0 Å². The summed E-state index contributed by atoms with van der Waals surface area (Å²) in [6, 6.07) is 2.14. The number of nitrogens with two attached hydrogens (primary N) is 3. The lowest BCUT2D eigenvalue weighted by Gasteiger charge is -2.23. The first-order chi connectivity index (χ1) is 6.74. The maximum atomic E-state index is 8.40. The Morgan fingerprint density at radius 3 is 2.21 bits per heavy atom. The Bertz CT molecular complexity index is 159. The van der Waals surface area contributed by atoms with Gasteiger partial charge in [-0.1, -0.05) is 0 Å². The van der Waals surface area contributed by atoms with Gasteiger partial charge in [-0.25, -0.2) is 0 Å². The summed E-state index contributed by atoms with van der Waals surface area (Å²) in [7, 11) is 0. The van der Waals surface area contributed by atoms with E-state index in [0.717, 1.165) is 26.1 Å². The SMILES string of the molecule is N#CCCC(N)CN(CCN)CCN. The highest BCUT2D eigenvalue weighted by Gasteiger charge is 2.08. The van der Waals surface area contributed by atoms with Crippen molar-refractivity contribution in [3.63, 3.8) is 0 Å². The second-order valence-electron chi connectivity index (χ2n) is 3.33. The molecule has 0 amide bonds. The lowest BCUT2D eigenvalue weighted by molar-refractivity contribution is 0.266. The van der Waals surface area contributed by atoms with Crippen LogP contribution >= 0.6 is 0 Å². The van der Waals surface area contributed by atoms with Gasteiger partial charge in [-0.15, -0.1) is 0 Å². The molecule has 0 bridgehead atoms. The van der Waals surface area contributed by atoms with Crippen LogP contribution in [0, 0.1) is 11.3 Å². The smallest absolute Gasteiger partial charge is 0.0622 e. The zero-order valence-electron chi connectivity index (χ0n) is 8.65. The van der Waals surface area contributed by atoms with Gasteiger partial charge in [-0.2, -0.15) is 5.26 Å². The molecule has 0 rings (SSSR count). The van der Waals surface area contributed by atoms with Gasteiger partial charge in [0.1, 0.15) is 0 Å². The monoisotopic (exact) mass is 199 g/mol. The second kappa shape index (κ2) is 8.91. The summed E-state index contributed by atoms with van der Waals surface area (Å²) in [5.41, 5.74) is 16.8. The van der Waals surface area contributed by atoms with Crippen molar-refractivity contribution in [1.82, 2.24) is 4.90 Å². The highest BCUT2D eigenvalue weighted by atomic mass is 15.1. The van der Waals surface area contributed by atoms with Crippen LogP contribution in [0.3, 0.4) is 0 Å². The molecule has 0 aliphatic rings. The predicted octanol–water partition coefficient (Wildman–Crippen LogP) is -1.16. The van der Waals surface area contributed by atoms with Crippen molar-refractivity contribution in [2.45, 2.75) is 18.9 Å². The third-order valence-corrected chi connectivity index (χ3v) is 2.01. The van der Waals surface area contributed by atoms with E-state index in [2.05, 4.69) is 11.0 Å². The van der Waals surface area contributed by atoms with E-state index in [1.165, 1.54) is 0 Å². The van der Waals surface area contributed by atoms with Gasteiger partial charge in [0, 0.05) is 45.2 Å². The minimum atomic E-state index is 0.0488. The maximum Gasteiger partial charge on any atom is 0.0622 e. The standard InChI is InChI=1S/C9H21N5/c10-3-1-2-9(13)8-14(6-4-11)7-5-12/h9H,1-2,4-8,11-13H2. The van der Waals surface area contributed by atoms with Crippen LogP contribution in [0.25, 0.3) is 0 Å². The normalized spacial score (nSPS) is 12.8. The molecule has 0 aromatic heterocycles. The highest BCUT2D eigenvalue weighted by Crippen LogP contribution is 1.96. The molecular weight excluding hydrogens is 178 g/mol. The van der Waals surface area contributed by atoms with E-state index in [-0.39, 0.29) is 6.04 Å². The van der Waals surface area contributed by atoms with Gasteiger partial charge in [0.15, 0.2) is 0 Å². The minimum Gasteiger partial charge on any atom is -0.329 e. The molecule has 0 aliphatic heterocycles. The predicted molar refractivity (Wildman–Crippen MR) is 57.4 cm³/mol. The number of hydrogen-bond donors (Lipinski definition) is 3. The van der Waals surface area contributed by atoms with E-state index in [0.29, 0.717) is 19.5 Å². The summed E-state index contributed by atoms with van der Waals surface area (Å²) >= 11 is 0. The second-order valence-corrected chi connectivity index (χ2v) is 3.33. The van der Waals surface area contributed by atoms with Gasteiger partial charge in [-0.05, 0) is 6.42 Å². The van der Waals surface area contributed by atoms with Crippen LogP contribution < -0.4 is 17.2 Å². The van der Waals surface area contributed by atoms with Gasteiger partial charge >= 0.3 is 0 Å². The molecule has 0 heterocycles. The zero-order chi connectivity index (χ0) is 10.8. The minimum absolute atomic E-state index is 0.0488. The molecule has 14 heavy (non-hydrogen) atoms. The third-order valence-electron chi connectivity index (χ3n) is 2.01. The molecule has 0 aromatic carbocycles. The van der Waals surface area contributed by atoms with Gasteiger partial charge in [0.05, 0.1) is 6.07 Å². The summed E-state index contributed by atoms with van der Waals surface area (Å²) in [5, 5.41) is 8.40. The van der Waals surface area contributed by atoms with E-state index in [1.54, 1.807) is 0 Å². The fourth-order valence-electron chi connectivity index (χ4n) is 1.33. The topological polar surface area (TPSA) is 105 Å². The zero-order valence-corrected chi connectivity index (χ0v) is 8.65. The molecule has 5 heteroatoms. The molecular formula is C9H21N5. The molecule has 5 nitrogen and oxygen atoms in total. The van der Waals surface area contributed by atoms with E-state index < -0.39 is 0 Å². The number of rotatable bonds is 8. The number of nitriles is 1. The van der Waals surface area contributed by atoms with E-state index >= 15 is 0 Å². The fourth-order valence-corrected chi connectivity index (χ4v) is 1.33. The van der Waals surface area contributed by atoms with Gasteiger partial charge in [-0.3, -0.25) is 4.90 Å². The summed E-state index contributed by atoms with van der Waals surface area (Å²) in [5.74, 6) is 0. The Hall–Kier alpha value is -0.670. The van der Waals surface area contributed by atoms with Crippen LogP contribution in [-0.2, 0) is 0 Å². The van der Waals surface area contributed by atoms with Crippen LogP contribution in [0.15, 0.2) is 0 Å². The van der Waals surface area contributed by atoms with Crippen molar-refractivity contribution in [3.05, 3.63) is 0 Å². The molecule has 0 radical (unpaired) electrons. The average molecular weight is 199 g/mol. The summed E-state index contributed by atoms with van der Waals surface area (Å²) in [4.78, 5) is 2.14. The van der Waals surface area contributed by atoms with Gasteiger partial charge in [0.25, 0.3) is 0 Å². The Morgan fingerprint density at radius 2 is 1.79 bits per heavy atom. The van der Waals surface area contributed by atoms with Crippen molar-refractivity contribution in [3.8, 4) is 6.07 Å². The third kappa shape index (κ3) is 6.80. The highest BCUT2D eigenvalue weighted by molar-refractivity contribution is 4.76. The van der Waals surface area contributed by atoms with E-state index in [9.17, 15) is 0 Å². The summed E-state index contributed by atoms with van der Waals surface area (Å²) in [6.45, 7) is 3.64. The van der Waals surface area contributed by atoms with Gasteiger partial charge in [0.2, 0.25) is 0 Å². The van der Waals surface area contributed by atoms with Crippen molar-refractivity contribution >= 4 is 0 Å². The lowest BCUT2D eigenvalue weighted by Crippen LogP contribution is -2.42. The molecule has 1 atom stereocenters. The Balaban J connectivity index is 3.71. The van der Waals surface area contributed by atoms with E-state index in [4.69, 9.17) is 22.5 Å². The molecule has 0 saturated carbocycles. The number of nitrogens with zero attached hydrogens (tertiary/aromatic N) is 2. The average Bonchev–Trinajstić information content (AvgIpc) is 2.15. The van der Waals surface area contributed by atoms with Crippen LogP contribution in [-0.4, -0.2) is 43.7 Å². The Labute approximate surface area is 85.8 Å². The quantitative estimate of drug-likeness (QED) is 0.457. The fraction of sp³-hybridized carbons (Fsp3) is 0.889.